The molecule has 0 spiro atoms. The number of hydrogen-bond donors (Lipinski definition) is 2. The Hall–Kier alpha value is -1.95. The Morgan fingerprint density at radius 2 is 2.17 bits per heavy atom. The molecule has 98 valence electrons. The number of nitrogens with one attached hydrogen (secondary N) is 1. The van der Waals surface area contributed by atoms with Crippen LogP contribution in [0.1, 0.15) is 34.7 Å². The number of carbonyl (C=O) groups excluding carboxylic acids is 2. The van der Waals surface area contributed by atoms with Crippen LogP contribution in [0.3, 0.4) is 0 Å². The molecule has 6 heteroatoms. The van der Waals surface area contributed by atoms with E-state index in [1.807, 2.05) is 13.8 Å². The fraction of sp³-hybridized carbons (Fsp3) is 0.417. The molecule has 0 unspecified atom stereocenters. The lowest BCUT2D eigenvalue weighted by Gasteiger charge is -2.23. The fourth-order valence-electron chi connectivity index (χ4n) is 1.17. The Bertz CT molecular complexity index is 458. The van der Waals surface area contributed by atoms with Gasteiger partial charge in [-0.25, -0.2) is 0 Å². The van der Waals surface area contributed by atoms with Gasteiger partial charge in [-0.05, 0) is 26.0 Å². The molecule has 0 aliphatic rings. The summed E-state index contributed by atoms with van der Waals surface area (Å²) in [6, 6.07) is 2.87. The number of ether oxygens (including phenoxy) is 1. The SMILES string of the molecule is COC(C)(C)CNC(=O)c1ccnc(C(N)=O)c1. The second kappa shape index (κ2) is 5.59. The minimum Gasteiger partial charge on any atom is -0.377 e. The highest BCUT2D eigenvalue weighted by Crippen LogP contribution is 2.06. The minimum absolute atomic E-state index is 0.0636. The number of primary amides is 1. The molecule has 3 N–H and O–H groups in total. The monoisotopic (exact) mass is 251 g/mol. The first-order valence-electron chi connectivity index (χ1n) is 5.45. The first-order valence-corrected chi connectivity index (χ1v) is 5.45. The van der Waals surface area contributed by atoms with E-state index in [1.54, 1.807) is 7.11 Å². The second-order valence-corrected chi connectivity index (χ2v) is 4.44. The quantitative estimate of drug-likeness (QED) is 0.788. The summed E-state index contributed by atoms with van der Waals surface area (Å²) in [6.45, 7) is 4.07. The highest BCUT2D eigenvalue weighted by molar-refractivity contribution is 5.97. The lowest BCUT2D eigenvalue weighted by molar-refractivity contribution is 0.0228. The number of carbonyl (C=O) groups is 2. The van der Waals surface area contributed by atoms with Crippen molar-refractivity contribution in [2.24, 2.45) is 5.73 Å². The van der Waals surface area contributed by atoms with Crippen molar-refractivity contribution in [2.45, 2.75) is 19.4 Å². The molecular formula is C12H17N3O3. The number of methoxy groups -OCH3 is 1. The third kappa shape index (κ3) is 3.81. The van der Waals surface area contributed by atoms with E-state index >= 15 is 0 Å². The van der Waals surface area contributed by atoms with Gasteiger partial charge >= 0.3 is 0 Å². The Morgan fingerprint density at radius 1 is 1.50 bits per heavy atom. The van der Waals surface area contributed by atoms with Crippen molar-refractivity contribution in [3.63, 3.8) is 0 Å². The molecule has 0 saturated heterocycles. The van der Waals surface area contributed by atoms with Gasteiger partial charge in [0, 0.05) is 25.4 Å². The number of nitrogens with two attached hydrogens (primary N) is 1. The number of aromatic nitrogens is 1. The van der Waals surface area contributed by atoms with Crippen molar-refractivity contribution < 1.29 is 14.3 Å². The van der Waals surface area contributed by atoms with Crippen LogP contribution in [0.25, 0.3) is 0 Å². The van der Waals surface area contributed by atoms with Crippen LogP contribution in [-0.4, -0.2) is 36.1 Å². The Balaban J connectivity index is 2.73. The number of amides is 2. The maximum atomic E-state index is 11.8. The predicted octanol–water partition coefficient (Wildman–Crippen LogP) is 0.335. The van der Waals surface area contributed by atoms with E-state index in [0.29, 0.717) is 12.1 Å². The number of rotatable bonds is 5. The van der Waals surface area contributed by atoms with Gasteiger partial charge < -0.3 is 15.8 Å². The zero-order valence-electron chi connectivity index (χ0n) is 10.7. The minimum atomic E-state index is -0.665. The molecule has 0 fully saturated rings. The van der Waals surface area contributed by atoms with E-state index < -0.39 is 11.5 Å². The summed E-state index contributed by atoms with van der Waals surface area (Å²) in [5.74, 6) is -0.966. The van der Waals surface area contributed by atoms with E-state index in [9.17, 15) is 9.59 Å². The first kappa shape index (κ1) is 14.1. The van der Waals surface area contributed by atoms with Gasteiger partial charge in [0.25, 0.3) is 11.8 Å². The van der Waals surface area contributed by atoms with Crippen LogP contribution in [-0.2, 0) is 4.74 Å². The number of hydrogen-bond acceptors (Lipinski definition) is 4. The van der Waals surface area contributed by atoms with Crippen molar-refractivity contribution in [3.05, 3.63) is 29.6 Å². The number of nitrogens with zero attached hydrogens (tertiary/aromatic N) is 1. The largest absolute Gasteiger partial charge is 0.377 e. The molecule has 1 aromatic heterocycles. The van der Waals surface area contributed by atoms with Crippen LogP contribution >= 0.6 is 0 Å². The van der Waals surface area contributed by atoms with Crippen molar-refractivity contribution in [1.29, 1.82) is 0 Å². The summed E-state index contributed by atoms with van der Waals surface area (Å²) >= 11 is 0. The van der Waals surface area contributed by atoms with Crippen molar-refractivity contribution in [2.75, 3.05) is 13.7 Å². The first-order chi connectivity index (χ1) is 8.35. The van der Waals surface area contributed by atoms with Gasteiger partial charge in [-0.3, -0.25) is 14.6 Å². The molecule has 0 atom stereocenters. The summed E-state index contributed by atoms with van der Waals surface area (Å²) in [4.78, 5) is 26.5. The molecule has 0 bridgehead atoms. The molecule has 0 aromatic carbocycles. The van der Waals surface area contributed by atoms with Crippen molar-refractivity contribution in [1.82, 2.24) is 10.3 Å². The molecule has 0 aliphatic carbocycles. The molecule has 0 saturated carbocycles. The Kier molecular flexibility index (Phi) is 4.38. The van der Waals surface area contributed by atoms with Crippen molar-refractivity contribution >= 4 is 11.8 Å². The van der Waals surface area contributed by atoms with Gasteiger partial charge in [-0.15, -0.1) is 0 Å². The molecule has 0 aliphatic heterocycles. The van der Waals surface area contributed by atoms with E-state index in [0.717, 1.165) is 0 Å². The predicted molar refractivity (Wildman–Crippen MR) is 66.2 cm³/mol. The molecule has 1 heterocycles. The average Bonchev–Trinajstić information content (AvgIpc) is 2.36. The van der Waals surface area contributed by atoms with E-state index in [1.165, 1.54) is 18.3 Å². The average molecular weight is 251 g/mol. The standard InChI is InChI=1S/C12H17N3O3/c1-12(2,18-3)7-15-11(17)8-4-5-14-9(6-8)10(13)16/h4-6H,7H2,1-3H3,(H2,13,16)(H,15,17). The summed E-state index contributed by atoms with van der Waals surface area (Å²) in [5.41, 5.74) is 5.05. The maximum Gasteiger partial charge on any atom is 0.267 e. The van der Waals surface area contributed by atoms with Gasteiger partial charge in [-0.1, -0.05) is 0 Å². The van der Waals surface area contributed by atoms with Gasteiger partial charge in [-0.2, -0.15) is 0 Å². The van der Waals surface area contributed by atoms with Gasteiger partial charge in [0.2, 0.25) is 0 Å². The zero-order chi connectivity index (χ0) is 13.8. The van der Waals surface area contributed by atoms with Gasteiger partial charge in [0.15, 0.2) is 0 Å². The summed E-state index contributed by atoms with van der Waals surface area (Å²) in [5, 5.41) is 2.71. The highest BCUT2D eigenvalue weighted by atomic mass is 16.5. The lowest BCUT2D eigenvalue weighted by atomic mass is 10.1. The molecule has 0 radical (unpaired) electrons. The lowest BCUT2D eigenvalue weighted by Crippen LogP contribution is -2.39. The number of pyridine rings is 1. The fourth-order valence-corrected chi connectivity index (χ4v) is 1.17. The molecule has 18 heavy (non-hydrogen) atoms. The van der Waals surface area contributed by atoms with Crippen LogP contribution < -0.4 is 11.1 Å². The van der Waals surface area contributed by atoms with Crippen LogP contribution in [0, 0.1) is 0 Å². The molecule has 2 amide bonds. The maximum absolute atomic E-state index is 11.8. The summed E-state index contributed by atoms with van der Waals surface area (Å²) in [6.07, 6.45) is 1.37. The van der Waals surface area contributed by atoms with E-state index in [2.05, 4.69) is 10.3 Å². The van der Waals surface area contributed by atoms with Gasteiger partial charge in [0.05, 0.1) is 5.60 Å². The molecular weight excluding hydrogens is 234 g/mol. The van der Waals surface area contributed by atoms with Gasteiger partial charge in [0.1, 0.15) is 5.69 Å². The third-order valence-corrected chi connectivity index (χ3v) is 2.50. The van der Waals surface area contributed by atoms with E-state index in [-0.39, 0.29) is 11.6 Å². The summed E-state index contributed by atoms with van der Waals surface area (Å²) < 4.78 is 5.18. The second-order valence-electron chi connectivity index (χ2n) is 4.44. The summed E-state index contributed by atoms with van der Waals surface area (Å²) in [7, 11) is 1.57. The normalized spacial score (nSPS) is 11.1. The Labute approximate surface area is 106 Å². The third-order valence-electron chi connectivity index (χ3n) is 2.50. The van der Waals surface area contributed by atoms with E-state index in [4.69, 9.17) is 10.5 Å². The van der Waals surface area contributed by atoms with Crippen molar-refractivity contribution in [3.8, 4) is 0 Å². The smallest absolute Gasteiger partial charge is 0.267 e. The topological polar surface area (TPSA) is 94.3 Å². The van der Waals surface area contributed by atoms with Crippen LogP contribution in [0.4, 0.5) is 0 Å². The van der Waals surface area contributed by atoms with Crippen LogP contribution in [0.15, 0.2) is 18.3 Å². The molecule has 1 rings (SSSR count). The zero-order valence-corrected chi connectivity index (χ0v) is 10.7. The molecule has 1 aromatic rings. The molecule has 6 nitrogen and oxygen atoms in total. The Morgan fingerprint density at radius 3 is 2.72 bits per heavy atom. The highest BCUT2D eigenvalue weighted by Gasteiger charge is 2.18. The van der Waals surface area contributed by atoms with Crippen LogP contribution in [0.5, 0.6) is 0 Å². The van der Waals surface area contributed by atoms with Crippen LogP contribution in [0.2, 0.25) is 0 Å².